The largest absolute Gasteiger partial charge is 0.260 e. The maximum Gasteiger partial charge on any atom is 0.123 e. The third kappa shape index (κ3) is 3.21. The highest BCUT2D eigenvalue weighted by molar-refractivity contribution is 5.86. The van der Waals surface area contributed by atoms with Gasteiger partial charge in [-0.3, -0.25) is 4.99 Å². The van der Waals surface area contributed by atoms with Gasteiger partial charge in [-0.15, -0.1) is 0 Å². The third-order valence-electron chi connectivity index (χ3n) is 3.54. The highest BCUT2D eigenvalue weighted by Crippen LogP contribution is 2.24. The molecule has 0 saturated heterocycles. The Morgan fingerprint density at radius 2 is 1.24 bits per heavy atom. The summed E-state index contributed by atoms with van der Waals surface area (Å²) in [7, 11) is 0. The van der Waals surface area contributed by atoms with Crippen LogP contribution in [-0.2, 0) is 12.8 Å². The zero-order chi connectivity index (χ0) is 14.7. The minimum Gasteiger partial charge on any atom is -0.260 e. The first kappa shape index (κ1) is 13.6. The molecule has 3 rings (SSSR count). The maximum atomic E-state index is 13.0. The molecule has 1 heterocycles. The third-order valence-corrected chi connectivity index (χ3v) is 3.54. The number of hydrogen-bond acceptors (Lipinski definition) is 2. The normalized spacial score (nSPS) is 15.5. The SMILES string of the molecule is Fc1ccc(CC2(Cc3ccc(F)cc3)C=NC=N2)cc1. The van der Waals surface area contributed by atoms with Crippen LogP contribution in [-0.4, -0.2) is 18.1 Å². The van der Waals surface area contributed by atoms with Crippen molar-refractivity contribution in [2.45, 2.75) is 18.4 Å². The van der Waals surface area contributed by atoms with E-state index in [1.165, 1.54) is 30.6 Å². The molecule has 0 N–H and O–H groups in total. The molecule has 0 saturated carbocycles. The number of nitrogens with zero attached hydrogens (tertiary/aromatic N) is 2. The zero-order valence-corrected chi connectivity index (χ0v) is 11.3. The van der Waals surface area contributed by atoms with Crippen LogP contribution >= 0.6 is 0 Å². The number of aliphatic imine (C=N–C) groups is 2. The highest BCUT2D eigenvalue weighted by atomic mass is 19.1. The average molecular weight is 284 g/mol. The lowest BCUT2D eigenvalue weighted by atomic mass is 9.86. The second-order valence-electron chi connectivity index (χ2n) is 5.23. The molecule has 106 valence electrons. The van der Waals surface area contributed by atoms with E-state index in [1.54, 1.807) is 30.5 Å². The molecule has 2 aromatic carbocycles. The van der Waals surface area contributed by atoms with Gasteiger partial charge >= 0.3 is 0 Å². The van der Waals surface area contributed by atoms with Crippen LogP contribution in [0.5, 0.6) is 0 Å². The van der Waals surface area contributed by atoms with Gasteiger partial charge in [0, 0.05) is 19.1 Å². The Kier molecular flexibility index (Phi) is 3.60. The van der Waals surface area contributed by atoms with E-state index in [0.29, 0.717) is 12.8 Å². The molecule has 0 fully saturated rings. The zero-order valence-electron chi connectivity index (χ0n) is 11.3. The second-order valence-corrected chi connectivity index (χ2v) is 5.23. The van der Waals surface area contributed by atoms with Gasteiger partial charge in [0.2, 0.25) is 0 Å². The van der Waals surface area contributed by atoms with E-state index in [0.717, 1.165) is 11.1 Å². The van der Waals surface area contributed by atoms with Gasteiger partial charge in [0.25, 0.3) is 0 Å². The van der Waals surface area contributed by atoms with Crippen LogP contribution in [0.2, 0.25) is 0 Å². The quantitative estimate of drug-likeness (QED) is 0.819. The van der Waals surface area contributed by atoms with Gasteiger partial charge in [-0.05, 0) is 35.4 Å². The van der Waals surface area contributed by atoms with Crippen LogP contribution in [0.25, 0.3) is 0 Å². The summed E-state index contributed by atoms with van der Waals surface area (Å²) in [4.78, 5) is 8.57. The summed E-state index contributed by atoms with van der Waals surface area (Å²) >= 11 is 0. The fourth-order valence-electron chi connectivity index (χ4n) is 2.51. The molecule has 0 amide bonds. The summed E-state index contributed by atoms with van der Waals surface area (Å²) in [5.41, 5.74) is 1.50. The Morgan fingerprint density at radius 3 is 1.62 bits per heavy atom. The summed E-state index contributed by atoms with van der Waals surface area (Å²) in [6, 6.07) is 12.8. The van der Waals surface area contributed by atoms with Crippen molar-refractivity contribution < 1.29 is 8.78 Å². The lowest BCUT2D eigenvalue weighted by molar-refractivity contribution is 0.577. The molecular formula is C17H14F2N2. The van der Waals surface area contributed by atoms with Gasteiger partial charge in [-0.2, -0.15) is 0 Å². The first-order chi connectivity index (χ1) is 10.2. The van der Waals surface area contributed by atoms with Crippen LogP contribution in [0, 0.1) is 11.6 Å². The van der Waals surface area contributed by atoms with E-state index in [9.17, 15) is 8.78 Å². The smallest absolute Gasteiger partial charge is 0.123 e. The van der Waals surface area contributed by atoms with Gasteiger partial charge in [0.15, 0.2) is 0 Å². The molecule has 21 heavy (non-hydrogen) atoms. The predicted molar refractivity (Wildman–Crippen MR) is 79.9 cm³/mol. The van der Waals surface area contributed by atoms with E-state index in [4.69, 9.17) is 0 Å². The van der Waals surface area contributed by atoms with Crippen molar-refractivity contribution in [2.24, 2.45) is 9.98 Å². The van der Waals surface area contributed by atoms with Crippen molar-refractivity contribution in [3.05, 3.63) is 71.3 Å². The van der Waals surface area contributed by atoms with Gasteiger partial charge in [-0.25, -0.2) is 13.8 Å². The Balaban J connectivity index is 1.83. The molecule has 1 aliphatic rings. The van der Waals surface area contributed by atoms with Gasteiger partial charge < -0.3 is 0 Å². The second kappa shape index (κ2) is 5.56. The van der Waals surface area contributed by atoms with E-state index in [2.05, 4.69) is 9.98 Å². The Bertz CT molecular complexity index is 611. The van der Waals surface area contributed by atoms with Crippen LogP contribution < -0.4 is 0 Å². The molecule has 0 radical (unpaired) electrons. The summed E-state index contributed by atoms with van der Waals surface area (Å²) in [6.45, 7) is 0. The van der Waals surface area contributed by atoms with Crippen molar-refractivity contribution in [3.8, 4) is 0 Å². The molecule has 4 heteroatoms. The van der Waals surface area contributed by atoms with Gasteiger partial charge in [-0.1, -0.05) is 24.3 Å². The van der Waals surface area contributed by atoms with E-state index in [-0.39, 0.29) is 11.6 Å². The summed E-state index contributed by atoms with van der Waals surface area (Å²) in [5, 5.41) is 0. The van der Waals surface area contributed by atoms with Crippen LogP contribution in [0.4, 0.5) is 8.78 Å². The maximum absolute atomic E-state index is 13.0. The van der Waals surface area contributed by atoms with Crippen LogP contribution in [0.1, 0.15) is 11.1 Å². The van der Waals surface area contributed by atoms with Crippen LogP contribution in [0.15, 0.2) is 58.5 Å². The van der Waals surface area contributed by atoms with E-state index < -0.39 is 5.54 Å². The molecule has 0 atom stereocenters. The van der Waals surface area contributed by atoms with Crippen molar-refractivity contribution >= 4 is 12.6 Å². The fraction of sp³-hybridized carbons (Fsp3) is 0.176. The molecule has 0 spiro atoms. The lowest BCUT2D eigenvalue weighted by Crippen LogP contribution is -2.32. The topological polar surface area (TPSA) is 24.7 Å². The standard InChI is InChI=1S/C17H14F2N2/c18-15-5-1-13(2-6-15)9-17(11-20-12-21-17)10-14-3-7-16(19)8-4-14/h1-8,11-12H,9-10H2. The van der Waals surface area contributed by atoms with E-state index >= 15 is 0 Å². The number of halogens is 2. The molecule has 0 unspecified atom stereocenters. The minimum atomic E-state index is -0.477. The molecular weight excluding hydrogens is 270 g/mol. The van der Waals surface area contributed by atoms with Crippen molar-refractivity contribution in [1.29, 1.82) is 0 Å². The average Bonchev–Trinajstić information content (AvgIpc) is 2.92. The van der Waals surface area contributed by atoms with Crippen molar-refractivity contribution in [2.75, 3.05) is 0 Å². The molecule has 0 aliphatic carbocycles. The number of rotatable bonds is 4. The summed E-state index contributed by atoms with van der Waals surface area (Å²) in [6.07, 6.45) is 4.60. The van der Waals surface area contributed by atoms with E-state index in [1.807, 2.05) is 0 Å². The molecule has 2 nitrogen and oxygen atoms in total. The Hall–Kier alpha value is -2.36. The number of benzene rings is 2. The first-order valence-electron chi connectivity index (χ1n) is 6.72. The number of hydrogen-bond donors (Lipinski definition) is 0. The fourth-order valence-corrected chi connectivity index (χ4v) is 2.51. The molecule has 0 aromatic heterocycles. The van der Waals surface area contributed by atoms with Gasteiger partial charge in [0.1, 0.15) is 23.5 Å². The molecule has 1 aliphatic heterocycles. The lowest BCUT2D eigenvalue weighted by Gasteiger charge is -2.23. The monoisotopic (exact) mass is 284 g/mol. The summed E-state index contributed by atoms with van der Waals surface area (Å²) < 4.78 is 26.0. The Labute approximate surface area is 121 Å². The van der Waals surface area contributed by atoms with Gasteiger partial charge in [0.05, 0.1) is 0 Å². The van der Waals surface area contributed by atoms with Crippen LogP contribution in [0.3, 0.4) is 0 Å². The predicted octanol–water partition coefficient (Wildman–Crippen LogP) is 3.60. The first-order valence-corrected chi connectivity index (χ1v) is 6.72. The highest BCUT2D eigenvalue weighted by Gasteiger charge is 2.30. The molecule has 0 bridgehead atoms. The van der Waals surface area contributed by atoms with Crippen molar-refractivity contribution in [3.63, 3.8) is 0 Å². The minimum absolute atomic E-state index is 0.255. The Morgan fingerprint density at radius 1 is 0.762 bits per heavy atom. The summed E-state index contributed by atoms with van der Waals surface area (Å²) in [5.74, 6) is -0.509. The molecule has 2 aromatic rings. The van der Waals surface area contributed by atoms with Crippen molar-refractivity contribution in [1.82, 2.24) is 0 Å².